The van der Waals surface area contributed by atoms with E-state index in [-0.39, 0.29) is 11.9 Å². The summed E-state index contributed by atoms with van der Waals surface area (Å²) in [4.78, 5) is 22.5. The van der Waals surface area contributed by atoms with Crippen molar-refractivity contribution in [2.45, 2.75) is 12.5 Å². The molecule has 0 atom stereocenters. The summed E-state index contributed by atoms with van der Waals surface area (Å²) in [6.45, 7) is 3.86. The van der Waals surface area contributed by atoms with E-state index in [4.69, 9.17) is 9.72 Å². The molecule has 3 aromatic carbocycles. The number of rotatable bonds is 3. The Morgan fingerprint density at radius 1 is 0.914 bits per heavy atom. The Bertz CT molecular complexity index is 1390. The smallest absolute Gasteiger partial charge is 0.273 e. The standard InChI is InChI=1S/C29H25N3O2S/c33-29(25-18-35-28(30-25)20-9-10-26-19(17-20)11-16-34-26)32-14-12-31(13-15-32)27-23-7-3-1-5-21(23)22-6-2-4-8-24(22)27/h1-10,17-18,27H,11-16H2. The van der Waals surface area contributed by atoms with Crippen LogP contribution in [0.25, 0.3) is 21.7 Å². The summed E-state index contributed by atoms with van der Waals surface area (Å²) < 4.78 is 5.61. The molecule has 0 unspecified atom stereocenters. The molecule has 1 fully saturated rings. The van der Waals surface area contributed by atoms with Gasteiger partial charge in [-0.05, 0) is 46.0 Å². The van der Waals surface area contributed by atoms with Crippen molar-refractivity contribution in [1.82, 2.24) is 14.8 Å². The van der Waals surface area contributed by atoms with Crippen LogP contribution in [0.15, 0.2) is 72.1 Å². The molecule has 3 aliphatic rings. The number of carbonyl (C=O) groups excluding carboxylic acids is 1. The molecule has 35 heavy (non-hydrogen) atoms. The summed E-state index contributed by atoms with van der Waals surface area (Å²) in [5, 5.41) is 2.79. The highest BCUT2D eigenvalue weighted by molar-refractivity contribution is 7.13. The maximum absolute atomic E-state index is 13.3. The van der Waals surface area contributed by atoms with E-state index in [1.807, 2.05) is 22.4 Å². The topological polar surface area (TPSA) is 45.7 Å². The minimum absolute atomic E-state index is 0.0314. The molecule has 1 saturated heterocycles. The molecule has 1 aliphatic carbocycles. The van der Waals surface area contributed by atoms with Gasteiger partial charge in [0.1, 0.15) is 16.5 Å². The second-order valence-corrected chi connectivity index (χ2v) is 10.2. The monoisotopic (exact) mass is 479 g/mol. The Labute approximate surface area is 208 Å². The summed E-state index contributed by atoms with van der Waals surface area (Å²) in [6.07, 6.45) is 0.931. The molecule has 1 aromatic heterocycles. The number of thiazole rings is 1. The summed E-state index contributed by atoms with van der Waals surface area (Å²) in [5.41, 5.74) is 8.24. The lowest BCUT2D eigenvalue weighted by Crippen LogP contribution is -2.49. The van der Waals surface area contributed by atoms with Crippen molar-refractivity contribution in [3.8, 4) is 27.4 Å². The summed E-state index contributed by atoms with van der Waals surface area (Å²) in [6, 6.07) is 23.9. The van der Waals surface area contributed by atoms with Gasteiger partial charge in [0.2, 0.25) is 0 Å². The van der Waals surface area contributed by atoms with Gasteiger partial charge in [-0.25, -0.2) is 4.98 Å². The number of amides is 1. The minimum Gasteiger partial charge on any atom is -0.493 e. The molecule has 174 valence electrons. The fourth-order valence-corrected chi connectivity index (χ4v) is 6.48. The number of hydrogen-bond donors (Lipinski definition) is 0. The first-order chi connectivity index (χ1) is 17.3. The van der Waals surface area contributed by atoms with Crippen molar-refractivity contribution >= 4 is 17.2 Å². The van der Waals surface area contributed by atoms with Crippen LogP contribution in [0, 0.1) is 0 Å². The molecule has 0 radical (unpaired) electrons. The summed E-state index contributed by atoms with van der Waals surface area (Å²) >= 11 is 1.54. The van der Waals surface area contributed by atoms with Crippen molar-refractivity contribution < 1.29 is 9.53 Å². The normalized spacial score (nSPS) is 17.1. The van der Waals surface area contributed by atoms with Crippen LogP contribution in [0.4, 0.5) is 0 Å². The lowest BCUT2D eigenvalue weighted by molar-refractivity contribution is 0.0595. The first-order valence-electron chi connectivity index (χ1n) is 12.2. The van der Waals surface area contributed by atoms with E-state index in [0.29, 0.717) is 18.8 Å². The zero-order valence-electron chi connectivity index (χ0n) is 19.3. The van der Waals surface area contributed by atoms with E-state index in [9.17, 15) is 4.79 Å². The maximum Gasteiger partial charge on any atom is 0.273 e. The number of nitrogens with zero attached hydrogens (tertiary/aromatic N) is 3. The van der Waals surface area contributed by atoms with Crippen LogP contribution in [0.2, 0.25) is 0 Å². The van der Waals surface area contributed by atoms with Crippen LogP contribution in [-0.2, 0) is 6.42 Å². The Balaban J connectivity index is 1.07. The third-order valence-corrected chi connectivity index (χ3v) is 8.32. The van der Waals surface area contributed by atoms with Crippen LogP contribution in [0.5, 0.6) is 5.75 Å². The molecule has 0 spiro atoms. The van der Waals surface area contributed by atoms with Crippen LogP contribution in [0.1, 0.15) is 33.2 Å². The van der Waals surface area contributed by atoms with E-state index in [2.05, 4.69) is 59.5 Å². The number of ether oxygens (including phenoxy) is 1. The highest BCUT2D eigenvalue weighted by Gasteiger charge is 2.35. The quantitative estimate of drug-likeness (QED) is 0.402. The Hall–Kier alpha value is -3.48. The maximum atomic E-state index is 13.3. The lowest BCUT2D eigenvalue weighted by atomic mass is 10.0. The predicted octanol–water partition coefficient (Wildman–Crippen LogP) is 5.27. The van der Waals surface area contributed by atoms with Gasteiger partial charge < -0.3 is 9.64 Å². The zero-order chi connectivity index (χ0) is 23.4. The lowest BCUT2D eigenvalue weighted by Gasteiger charge is -2.38. The second kappa shape index (κ2) is 8.33. The molecule has 1 amide bonds. The van der Waals surface area contributed by atoms with Crippen molar-refractivity contribution in [3.63, 3.8) is 0 Å². The number of hydrogen-bond acceptors (Lipinski definition) is 5. The van der Waals surface area contributed by atoms with E-state index < -0.39 is 0 Å². The van der Waals surface area contributed by atoms with Gasteiger partial charge >= 0.3 is 0 Å². The van der Waals surface area contributed by atoms with Gasteiger partial charge in [0, 0.05) is 43.5 Å². The van der Waals surface area contributed by atoms with Crippen LogP contribution >= 0.6 is 11.3 Å². The molecular weight excluding hydrogens is 454 g/mol. The molecule has 0 saturated carbocycles. The second-order valence-electron chi connectivity index (χ2n) is 9.36. The molecular formula is C29H25N3O2S. The van der Waals surface area contributed by atoms with Crippen molar-refractivity contribution in [2.75, 3.05) is 32.8 Å². The molecule has 7 rings (SSSR count). The average Bonchev–Trinajstić information content (AvgIpc) is 3.65. The molecule has 6 heteroatoms. The molecule has 3 heterocycles. The molecule has 5 nitrogen and oxygen atoms in total. The Morgan fingerprint density at radius 3 is 2.37 bits per heavy atom. The SMILES string of the molecule is O=C(c1csc(-c2ccc3c(c2)CCO3)n1)N1CCN(C2c3ccccc3-c3ccccc32)CC1. The van der Waals surface area contributed by atoms with Crippen molar-refractivity contribution in [2.24, 2.45) is 0 Å². The van der Waals surface area contributed by atoms with E-state index in [0.717, 1.165) is 42.4 Å². The largest absolute Gasteiger partial charge is 0.493 e. The van der Waals surface area contributed by atoms with Gasteiger partial charge in [-0.1, -0.05) is 48.5 Å². The van der Waals surface area contributed by atoms with Crippen LogP contribution in [0.3, 0.4) is 0 Å². The number of carbonyl (C=O) groups is 1. The third-order valence-electron chi connectivity index (χ3n) is 7.43. The van der Waals surface area contributed by atoms with Crippen LogP contribution in [-0.4, -0.2) is 53.5 Å². The van der Waals surface area contributed by atoms with Gasteiger partial charge in [-0.15, -0.1) is 11.3 Å². The Kier molecular flexibility index (Phi) is 4.96. The van der Waals surface area contributed by atoms with Gasteiger partial charge in [-0.2, -0.15) is 0 Å². The first kappa shape index (κ1) is 20.9. The molecule has 0 bridgehead atoms. The fraction of sp³-hybridized carbons (Fsp3) is 0.241. The van der Waals surface area contributed by atoms with Crippen molar-refractivity contribution in [1.29, 1.82) is 0 Å². The van der Waals surface area contributed by atoms with E-state index >= 15 is 0 Å². The zero-order valence-corrected chi connectivity index (χ0v) is 20.1. The molecule has 0 N–H and O–H groups in total. The third kappa shape index (κ3) is 3.48. The van der Waals surface area contributed by atoms with Crippen LogP contribution < -0.4 is 4.74 Å². The van der Waals surface area contributed by atoms with E-state index in [1.165, 1.54) is 39.2 Å². The fourth-order valence-electron chi connectivity index (χ4n) is 5.69. The average molecular weight is 480 g/mol. The number of aromatic nitrogens is 1. The predicted molar refractivity (Wildman–Crippen MR) is 138 cm³/mol. The van der Waals surface area contributed by atoms with Gasteiger partial charge in [-0.3, -0.25) is 9.69 Å². The summed E-state index contributed by atoms with van der Waals surface area (Å²) in [7, 11) is 0. The highest BCUT2D eigenvalue weighted by atomic mass is 32.1. The highest BCUT2D eigenvalue weighted by Crippen LogP contribution is 2.46. The molecule has 4 aromatic rings. The van der Waals surface area contributed by atoms with Crippen molar-refractivity contribution in [3.05, 3.63) is 94.5 Å². The van der Waals surface area contributed by atoms with Gasteiger partial charge in [0.15, 0.2) is 0 Å². The minimum atomic E-state index is 0.0314. The number of fused-ring (bicyclic) bond motifs is 4. The van der Waals surface area contributed by atoms with E-state index in [1.54, 1.807) is 0 Å². The summed E-state index contributed by atoms with van der Waals surface area (Å²) in [5.74, 6) is 0.996. The van der Waals surface area contributed by atoms with Gasteiger partial charge in [0.25, 0.3) is 5.91 Å². The van der Waals surface area contributed by atoms with Gasteiger partial charge in [0.05, 0.1) is 12.6 Å². The Morgan fingerprint density at radius 2 is 1.63 bits per heavy atom. The number of piperazine rings is 1. The number of benzene rings is 3. The first-order valence-corrected chi connectivity index (χ1v) is 13.1. The molecule has 2 aliphatic heterocycles.